The fourth-order valence-corrected chi connectivity index (χ4v) is 2.23. The molecule has 0 saturated carbocycles. The maximum atomic E-state index is 12.0. The van der Waals surface area contributed by atoms with Gasteiger partial charge in [-0.3, -0.25) is 4.79 Å². The minimum Gasteiger partial charge on any atom is -0.480 e. The molecule has 0 aliphatic carbocycles. The topological polar surface area (TPSA) is 88.8 Å². The van der Waals surface area contributed by atoms with Crippen molar-refractivity contribution >= 4 is 22.8 Å². The van der Waals surface area contributed by atoms with Crippen LogP contribution in [0.15, 0.2) is 22.8 Å². The van der Waals surface area contributed by atoms with Crippen molar-refractivity contribution in [1.82, 2.24) is 5.32 Å². The number of hydrogen-bond donors (Lipinski definition) is 2. The van der Waals surface area contributed by atoms with Crippen LogP contribution in [0.3, 0.4) is 0 Å². The zero-order valence-corrected chi connectivity index (χ0v) is 12.8. The van der Waals surface area contributed by atoms with Crippen LogP contribution in [0.4, 0.5) is 0 Å². The number of carboxylic acid groups (broad SMARTS) is 1. The molecule has 2 rings (SSSR count). The number of hydrogen-bond acceptors (Lipinski definition) is 4. The normalized spacial score (nSPS) is 12.3. The number of carbonyl (C=O) groups is 2. The second-order valence-electron chi connectivity index (χ2n) is 5.28. The molecule has 1 heterocycles. The summed E-state index contributed by atoms with van der Waals surface area (Å²) in [5.74, 6) is -1.51. The van der Waals surface area contributed by atoms with Gasteiger partial charge >= 0.3 is 5.97 Å². The first kappa shape index (κ1) is 16.0. The Bertz CT molecular complexity index is 704. The van der Waals surface area contributed by atoms with Crippen LogP contribution in [0.5, 0.6) is 0 Å². The molecular weight excluding hydrogens is 286 g/mol. The van der Waals surface area contributed by atoms with Crippen LogP contribution in [0.2, 0.25) is 0 Å². The van der Waals surface area contributed by atoms with E-state index in [1.54, 1.807) is 0 Å². The predicted octanol–water partition coefficient (Wildman–Crippen LogP) is 1.81. The summed E-state index contributed by atoms with van der Waals surface area (Å²) in [7, 11) is 1.39. The minimum atomic E-state index is -1.13. The van der Waals surface area contributed by atoms with E-state index in [0.29, 0.717) is 0 Å². The maximum Gasteiger partial charge on any atom is 0.328 e. The van der Waals surface area contributed by atoms with Gasteiger partial charge in [-0.05, 0) is 37.1 Å². The highest BCUT2D eigenvalue weighted by atomic mass is 16.5. The molecule has 2 N–H and O–H groups in total. The quantitative estimate of drug-likeness (QED) is 0.849. The Morgan fingerprint density at radius 3 is 2.64 bits per heavy atom. The fraction of sp³-hybridized carbons (Fsp3) is 0.375. The average Bonchev–Trinajstić information content (AvgIpc) is 2.81. The lowest BCUT2D eigenvalue weighted by Gasteiger charge is -2.13. The summed E-state index contributed by atoms with van der Waals surface area (Å²) in [6.45, 7) is 3.90. The molecule has 0 spiro atoms. The number of fused-ring (bicyclic) bond motifs is 1. The van der Waals surface area contributed by atoms with Gasteiger partial charge in [0.15, 0.2) is 6.04 Å². The van der Waals surface area contributed by atoms with Crippen LogP contribution >= 0.6 is 0 Å². The number of methoxy groups -OCH3 is 1. The predicted molar refractivity (Wildman–Crippen MR) is 80.8 cm³/mol. The van der Waals surface area contributed by atoms with Crippen molar-refractivity contribution in [2.75, 3.05) is 13.7 Å². The van der Waals surface area contributed by atoms with E-state index >= 15 is 0 Å². The number of aliphatic carboxylic acids is 1. The second-order valence-corrected chi connectivity index (χ2v) is 5.28. The highest BCUT2D eigenvalue weighted by Gasteiger charge is 2.20. The number of carbonyl (C=O) groups excluding carboxylic acids is 1. The summed E-state index contributed by atoms with van der Waals surface area (Å²) < 4.78 is 10.3. The van der Waals surface area contributed by atoms with Crippen molar-refractivity contribution in [2.45, 2.75) is 26.3 Å². The van der Waals surface area contributed by atoms with Gasteiger partial charge in [-0.1, -0.05) is 0 Å². The van der Waals surface area contributed by atoms with E-state index in [9.17, 15) is 9.59 Å². The molecule has 1 unspecified atom stereocenters. The van der Waals surface area contributed by atoms with Crippen LogP contribution in [-0.2, 0) is 20.7 Å². The lowest BCUT2D eigenvalue weighted by molar-refractivity contribution is -0.143. The third kappa shape index (κ3) is 3.46. The van der Waals surface area contributed by atoms with Crippen LogP contribution in [-0.4, -0.2) is 36.7 Å². The molecule has 0 saturated heterocycles. The first-order valence-electron chi connectivity index (χ1n) is 6.90. The Morgan fingerprint density at radius 1 is 1.32 bits per heavy atom. The molecule has 6 heteroatoms. The van der Waals surface area contributed by atoms with Crippen molar-refractivity contribution in [3.8, 4) is 0 Å². The molecule has 0 fully saturated rings. The SMILES string of the molecule is COCC(NC(=O)Cc1coc2cc(C)c(C)cc12)C(=O)O. The van der Waals surface area contributed by atoms with E-state index < -0.39 is 12.0 Å². The largest absolute Gasteiger partial charge is 0.480 e. The van der Waals surface area contributed by atoms with Gasteiger partial charge in [-0.2, -0.15) is 0 Å². The Morgan fingerprint density at radius 2 is 2.00 bits per heavy atom. The Hall–Kier alpha value is -2.34. The molecule has 22 heavy (non-hydrogen) atoms. The average molecular weight is 305 g/mol. The Kier molecular flexibility index (Phi) is 4.82. The fourth-order valence-electron chi connectivity index (χ4n) is 2.23. The van der Waals surface area contributed by atoms with E-state index in [1.165, 1.54) is 13.4 Å². The third-order valence-corrected chi connectivity index (χ3v) is 3.59. The molecular formula is C16H19NO5. The number of amides is 1. The second kappa shape index (κ2) is 6.62. The van der Waals surface area contributed by atoms with Gasteiger partial charge in [0.1, 0.15) is 5.58 Å². The van der Waals surface area contributed by atoms with E-state index in [4.69, 9.17) is 14.3 Å². The molecule has 118 valence electrons. The smallest absolute Gasteiger partial charge is 0.328 e. The van der Waals surface area contributed by atoms with Crippen molar-refractivity contribution in [3.05, 3.63) is 35.1 Å². The summed E-state index contributed by atoms with van der Waals surface area (Å²) in [5, 5.41) is 12.3. The summed E-state index contributed by atoms with van der Waals surface area (Å²) in [6, 6.07) is 2.84. The van der Waals surface area contributed by atoms with E-state index in [0.717, 1.165) is 27.7 Å². The Balaban J connectivity index is 2.15. The first-order chi connectivity index (χ1) is 10.4. The molecule has 0 aliphatic heterocycles. The molecule has 2 aromatic rings. The summed E-state index contributed by atoms with van der Waals surface area (Å²) in [6.07, 6.45) is 1.60. The van der Waals surface area contributed by atoms with Crippen LogP contribution in [0.25, 0.3) is 11.0 Å². The third-order valence-electron chi connectivity index (χ3n) is 3.59. The van der Waals surface area contributed by atoms with Gasteiger partial charge in [-0.15, -0.1) is 0 Å². The minimum absolute atomic E-state index is 0.0585. The van der Waals surface area contributed by atoms with Crippen LogP contribution < -0.4 is 5.32 Å². The van der Waals surface area contributed by atoms with Crippen molar-refractivity contribution in [1.29, 1.82) is 0 Å². The molecule has 1 amide bonds. The number of nitrogens with one attached hydrogen (secondary N) is 1. The molecule has 1 aromatic carbocycles. The van der Waals surface area contributed by atoms with Gasteiger partial charge in [0.25, 0.3) is 0 Å². The van der Waals surface area contributed by atoms with E-state index in [1.807, 2.05) is 26.0 Å². The van der Waals surface area contributed by atoms with E-state index in [2.05, 4.69) is 5.32 Å². The van der Waals surface area contributed by atoms with Crippen LogP contribution in [0, 0.1) is 13.8 Å². The van der Waals surface area contributed by atoms with Gasteiger partial charge in [-0.25, -0.2) is 4.79 Å². The number of aryl methyl sites for hydroxylation is 2. The van der Waals surface area contributed by atoms with Crippen LogP contribution in [0.1, 0.15) is 16.7 Å². The number of ether oxygens (including phenoxy) is 1. The summed E-state index contributed by atoms with van der Waals surface area (Å²) >= 11 is 0. The first-order valence-corrected chi connectivity index (χ1v) is 6.90. The zero-order chi connectivity index (χ0) is 16.3. The molecule has 6 nitrogen and oxygen atoms in total. The molecule has 0 bridgehead atoms. The van der Waals surface area contributed by atoms with Gasteiger partial charge in [0, 0.05) is 18.1 Å². The monoisotopic (exact) mass is 305 g/mol. The van der Waals surface area contributed by atoms with Crippen molar-refractivity contribution in [2.24, 2.45) is 0 Å². The number of benzene rings is 1. The molecule has 1 atom stereocenters. The number of rotatable bonds is 6. The van der Waals surface area contributed by atoms with E-state index in [-0.39, 0.29) is 18.9 Å². The highest BCUT2D eigenvalue weighted by molar-refractivity contribution is 5.90. The standard InChI is InChI=1S/C16H19NO5/c1-9-4-12-11(7-22-14(12)5-10(9)2)6-15(18)17-13(8-21-3)16(19)20/h4-5,7,13H,6,8H2,1-3H3,(H,17,18)(H,19,20). The summed E-state index contributed by atoms with van der Waals surface area (Å²) in [4.78, 5) is 23.0. The Labute approximate surface area is 128 Å². The molecule has 0 radical (unpaired) electrons. The summed E-state index contributed by atoms with van der Waals surface area (Å²) in [5.41, 5.74) is 3.68. The zero-order valence-electron chi connectivity index (χ0n) is 12.8. The lowest BCUT2D eigenvalue weighted by Crippen LogP contribution is -2.44. The maximum absolute atomic E-state index is 12.0. The number of furan rings is 1. The van der Waals surface area contributed by atoms with Gasteiger partial charge in [0.05, 0.1) is 19.3 Å². The molecule has 1 aromatic heterocycles. The van der Waals surface area contributed by atoms with Crippen molar-refractivity contribution < 1.29 is 23.8 Å². The highest BCUT2D eigenvalue weighted by Crippen LogP contribution is 2.25. The lowest BCUT2D eigenvalue weighted by atomic mass is 10.0. The molecule has 0 aliphatic rings. The van der Waals surface area contributed by atoms with Crippen molar-refractivity contribution in [3.63, 3.8) is 0 Å². The number of carboxylic acids is 1. The van der Waals surface area contributed by atoms with Gasteiger partial charge < -0.3 is 19.6 Å². The van der Waals surface area contributed by atoms with Gasteiger partial charge in [0.2, 0.25) is 5.91 Å².